The molecule has 0 saturated carbocycles. The molecule has 4 rings (SSSR count). The molecule has 0 bridgehead atoms. The summed E-state index contributed by atoms with van der Waals surface area (Å²) in [6.45, 7) is 6.46. The number of carbonyl (C=O) groups excluding carboxylic acids is 2. The van der Waals surface area contributed by atoms with E-state index in [2.05, 4.69) is 10.3 Å². The smallest absolute Gasteiger partial charge is 0.246 e. The second-order valence-electron chi connectivity index (χ2n) is 8.73. The van der Waals surface area contributed by atoms with Crippen LogP contribution in [0.4, 0.5) is 5.82 Å². The SMILES string of the molecule is Cc1c(CCN(C)C(=O)C=Cc2cnc3c(c2)OCC(C)(C)C(=O)N3)oc2ccccc12. The maximum atomic E-state index is 12.6. The number of aryl methyl sites for hydroxylation is 1. The molecule has 1 aliphatic rings. The minimum atomic E-state index is -0.645. The van der Waals surface area contributed by atoms with Crippen molar-refractivity contribution in [2.24, 2.45) is 5.41 Å². The number of amides is 2. The summed E-state index contributed by atoms with van der Waals surface area (Å²) in [5.41, 5.74) is 2.05. The van der Waals surface area contributed by atoms with Gasteiger partial charge in [-0.15, -0.1) is 0 Å². The molecule has 0 fully saturated rings. The van der Waals surface area contributed by atoms with Gasteiger partial charge in [-0.2, -0.15) is 0 Å². The van der Waals surface area contributed by atoms with Crippen LogP contribution >= 0.6 is 0 Å². The third-order valence-electron chi connectivity index (χ3n) is 5.72. The molecule has 0 aliphatic carbocycles. The summed E-state index contributed by atoms with van der Waals surface area (Å²) < 4.78 is 11.7. The number of hydrogen-bond acceptors (Lipinski definition) is 5. The van der Waals surface area contributed by atoms with Crippen LogP contribution in [-0.2, 0) is 16.0 Å². The standard InChI is InChI=1S/C25H27N3O4/c1-16-18-7-5-6-8-20(18)32-19(16)11-12-28(4)22(29)10-9-17-13-21-23(26-14-17)27-24(30)25(2,3)15-31-21/h5-10,13-14H,11-12,15H2,1-4H3,(H,26,27,30). The lowest BCUT2D eigenvalue weighted by molar-refractivity contribution is -0.125. The highest BCUT2D eigenvalue weighted by Gasteiger charge is 2.32. The lowest BCUT2D eigenvalue weighted by Gasteiger charge is -2.18. The first kappa shape index (κ1) is 21.6. The minimum absolute atomic E-state index is 0.121. The quantitative estimate of drug-likeness (QED) is 0.610. The van der Waals surface area contributed by atoms with Gasteiger partial charge < -0.3 is 19.4 Å². The second kappa shape index (κ2) is 8.49. The normalized spacial score (nSPS) is 15.2. The molecule has 3 heterocycles. The van der Waals surface area contributed by atoms with E-state index in [1.807, 2.05) is 45.0 Å². The van der Waals surface area contributed by atoms with E-state index < -0.39 is 5.41 Å². The number of aromatic nitrogens is 1. The number of carbonyl (C=O) groups is 2. The minimum Gasteiger partial charge on any atom is -0.489 e. The lowest BCUT2D eigenvalue weighted by Crippen LogP contribution is -2.33. The Bertz CT molecular complexity index is 1210. The van der Waals surface area contributed by atoms with Gasteiger partial charge in [0, 0.05) is 37.7 Å². The summed E-state index contributed by atoms with van der Waals surface area (Å²) >= 11 is 0. The largest absolute Gasteiger partial charge is 0.489 e. The number of benzene rings is 1. The highest BCUT2D eigenvalue weighted by Crippen LogP contribution is 2.31. The first-order valence-electron chi connectivity index (χ1n) is 10.6. The van der Waals surface area contributed by atoms with Crippen LogP contribution in [0.1, 0.15) is 30.7 Å². The fraction of sp³-hybridized carbons (Fsp3) is 0.320. The summed E-state index contributed by atoms with van der Waals surface area (Å²) in [5, 5.41) is 3.89. The zero-order valence-corrected chi connectivity index (χ0v) is 18.8. The molecule has 0 spiro atoms. The Kier molecular flexibility index (Phi) is 5.74. The van der Waals surface area contributed by atoms with E-state index in [1.165, 1.54) is 6.08 Å². The average molecular weight is 434 g/mol. The fourth-order valence-electron chi connectivity index (χ4n) is 3.49. The first-order valence-corrected chi connectivity index (χ1v) is 10.6. The second-order valence-corrected chi connectivity index (χ2v) is 8.73. The van der Waals surface area contributed by atoms with E-state index in [0.29, 0.717) is 30.1 Å². The molecular formula is C25H27N3O4. The number of nitrogens with one attached hydrogen (secondary N) is 1. The van der Waals surface area contributed by atoms with Gasteiger partial charge in [-0.05, 0) is 50.1 Å². The predicted octanol–water partition coefficient (Wildman–Crippen LogP) is 4.21. The Balaban J connectivity index is 1.39. The van der Waals surface area contributed by atoms with E-state index in [4.69, 9.17) is 9.15 Å². The maximum absolute atomic E-state index is 12.6. The fourth-order valence-corrected chi connectivity index (χ4v) is 3.49. The summed E-state index contributed by atoms with van der Waals surface area (Å²) in [7, 11) is 1.76. The highest BCUT2D eigenvalue weighted by molar-refractivity contribution is 5.96. The van der Waals surface area contributed by atoms with Crippen molar-refractivity contribution in [3.63, 3.8) is 0 Å². The number of rotatable bonds is 5. The van der Waals surface area contributed by atoms with Gasteiger partial charge in [0.15, 0.2) is 11.6 Å². The molecule has 0 saturated heterocycles. The van der Waals surface area contributed by atoms with Crippen LogP contribution in [0.3, 0.4) is 0 Å². The molecule has 7 heteroatoms. The number of anilines is 1. The van der Waals surface area contributed by atoms with Crippen molar-refractivity contribution in [3.05, 3.63) is 59.5 Å². The summed E-state index contributed by atoms with van der Waals surface area (Å²) in [6, 6.07) is 9.71. The zero-order chi connectivity index (χ0) is 22.9. The van der Waals surface area contributed by atoms with Gasteiger partial charge in [-0.1, -0.05) is 18.2 Å². The monoisotopic (exact) mass is 433 g/mol. The molecular weight excluding hydrogens is 406 g/mol. The van der Waals surface area contributed by atoms with E-state index in [9.17, 15) is 9.59 Å². The molecule has 0 radical (unpaired) electrons. The Labute approximate surface area is 187 Å². The summed E-state index contributed by atoms with van der Waals surface area (Å²) in [4.78, 5) is 30.7. The number of fused-ring (bicyclic) bond motifs is 2. The molecule has 1 N–H and O–H groups in total. The summed E-state index contributed by atoms with van der Waals surface area (Å²) in [6.07, 6.45) is 5.44. The summed E-state index contributed by atoms with van der Waals surface area (Å²) in [5.74, 6) is 1.52. The number of pyridine rings is 1. The molecule has 3 aromatic rings. The van der Waals surface area contributed by atoms with Gasteiger partial charge in [0.1, 0.15) is 18.0 Å². The molecule has 1 aliphatic heterocycles. The van der Waals surface area contributed by atoms with Gasteiger partial charge in [0.2, 0.25) is 11.8 Å². The van der Waals surface area contributed by atoms with Crippen molar-refractivity contribution in [2.45, 2.75) is 27.2 Å². The van der Waals surface area contributed by atoms with Crippen LogP contribution in [-0.4, -0.2) is 41.9 Å². The molecule has 1 aromatic carbocycles. The van der Waals surface area contributed by atoms with Gasteiger partial charge >= 0.3 is 0 Å². The number of furan rings is 1. The van der Waals surface area contributed by atoms with Crippen LogP contribution in [0, 0.1) is 12.3 Å². The van der Waals surface area contributed by atoms with Crippen LogP contribution < -0.4 is 10.1 Å². The van der Waals surface area contributed by atoms with E-state index in [0.717, 1.165) is 22.3 Å². The van der Waals surface area contributed by atoms with Gasteiger partial charge in [0.05, 0.1) is 5.41 Å². The lowest BCUT2D eigenvalue weighted by atomic mass is 9.94. The Morgan fingerprint density at radius 3 is 2.88 bits per heavy atom. The van der Waals surface area contributed by atoms with Crippen molar-refractivity contribution >= 4 is 34.7 Å². The number of nitrogens with zero attached hydrogens (tertiary/aromatic N) is 2. The zero-order valence-electron chi connectivity index (χ0n) is 18.8. The predicted molar refractivity (Wildman–Crippen MR) is 123 cm³/mol. The number of para-hydroxylation sites is 1. The van der Waals surface area contributed by atoms with Crippen LogP contribution in [0.15, 0.2) is 47.0 Å². The molecule has 0 unspecified atom stereocenters. The van der Waals surface area contributed by atoms with E-state index in [-0.39, 0.29) is 18.4 Å². The Morgan fingerprint density at radius 1 is 1.31 bits per heavy atom. The van der Waals surface area contributed by atoms with Crippen molar-refractivity contribution in [3.8, 4) is 5.75 Å². The van der Waals surface area contributed by atoms with Gasteiger partial charge in [0.25, 0.3) is 0 Å². The maximum Gasteiger partial charge on any atom is 0.246 e. The van der Waals surface area contributed by atoms with Crippen LogP contribution in [0.5, 0.6) is 5.75 Å². The molecule has 32 heavy (non-hydrogen) atoms. The highest BCUT2D eigenvalue weighted by atomic mass is 16.5. The van der Waals surface area contributed by atoms with Gasteiger partial charge in [-0.25, -0.2) is 4.98 Å². The third-order valence-corrected chi connectivity index (χ3v) is 5.72. The van der Waals surface area contributed by atoms with Crippen molar-refractivity contribution < 1.29 is 18.7 Å². The Morgan fingerprint density at radius 2 is 2.09 bits per heavy atom. The molecule has 2 amide bonds. The molecule has 2 aromatic heterocycles. The third kappa shape index (κ3) is 4.37. The molecule has 166 valence electrons. The van der Waals surface area contributed by atoms with Crippen LogP contribution in [0.25, 0.3) is 17.0 Å². The first-order chi connectivity index (χ1) is 15.2. The average Bonchev–Trinajstić information content (AvgIpc) is 3.05. The van der Waals surface area contributed by atoms with E-state index in [1.54, 1.807) is 30.3 Å². The van der Waals surface area contributed by atoms with Crippen molar-refractivity contribution in [1.82, 2.24) is 9.88 Å². The number of ether oxygens (including phenoxy) is 1. The van der Waals surface area contributed by atoms with Gasteiger partial charge in [-0.3, -0.25) is 9.59 Å². The van der Waals surface area contributed by atoms with Crippen molar-refractivity contribution in [2.75, 3.05) is 25.5 Å². The van der Waals surface area contributed by atoms with Crippen LogP contribution in [0.2, 0.25) is 0 Å². The number of likely N-dealkylation sites (N-methyl/N-ethyl adjacent to an activating group) is 1. The molecule has 0 atom stereocenters. The Hall–Kier alpha value is -3.61. The van der Waals surface area contributed by atoms with Crippen molar-refractivity contribution in [1.29, 1.82) is 0 Å². The molecule has 7 nitrogen and oxygen atoms in total. The number of hydrogen-bond donors (Lipinski definition) is 1. The topological polar surface area (TPSA) is 84.7 Å². The van der Waals surface area contributed by atoms with E-state index >= 15 is 0 Å².